The van der Waals surface area contributed by atoms with E-state index in [0.29, 0.717) is 13.1 Å². The lowest BCUT2D eigenvalue weighted by Gasteiger charge is -2.26. The predicted molar refractivity (Wildman–Crippen MR) is 123 cm³/mol. The van der Waals surface area contributed by atoms with Crippen molar-refractivity contribution in [3.8, 4) is 5.75 Å². The van der Waals surface area contributed by atoms with Crippen molar-refractivity contribution in [1.29, 1.82) is 0 Å². The van der Waals surface area contributed by atoms with Gasteiger partial charge in [0, 0.05) is 18.7 Å². The van der Waals surface area contributed by atoms with E-state index in [9.17, 15) is 21.6 Å². The maximum atomic E-state index is 13.0. The SMILES string of the molecule is COc1ccc(S(=O)(=O)N2CCCCC2)cc1NC(=O)c1ccc(NS(C)(=O)=O)c(Cl)c1. The number of benzene rings is 2. The van der Waals surface area contributed by atoms with Gasteiger partial charge in [-0.05, 0) is 49.2 Å². The average Bonchev–Trinajstić information content (AvgIpc) is 2.74. The van der Waals surface area contributed by atoms with E-state index in [1.165, 1.54) is 47.8 Å². The van der Waals surface area contributed by atoms with E-state index in [1.54, 1.807) is 0 Å². The molecule has 0 spiro atoms. The van der Waals surface area contributed by atoms with Gasteiger partial charge in [-0.1, -0.05) is 18.0 Å². The van der Waals surface area contributed by atoms with Crippen LogP contribution in [0, 0.1) is 0 Å². The molecule has 1 fully saturated rings. The minimum atomic E-state index is -3.70. The van der Waals surface area contributed by atoms with Crippen molar-refractivity contribution in [3.05, 3.63) is 47.0 Å². The third kappa shape index (κ3) is 5.71. The number of anilines is 2. The lowest BCUT2D eigenvalue weighted by atomic mass is 10.2. The van der Waals surface area contributed by atoms with Gasteiger partial charge in [0.25, 0.3) is 5.91 Å². The van der Waals surface area contributed by atoms with Crippen molar-refractivity contribution in [2.75, 3.05) is 36.5 Å². The van der Waals surface area contributed by atoms with Crippen LogP contribution < -0.4 is 14.8 Å². The molecule has 1 saturated heterocycles. The van der Waals surface area contributed by atoms with Crippen LogP contribution in [-0.4, -0.2) is 53.5 Å². The van der Waals surface area contributed by atoms with Crippen molar-refractivity contribution < 1.29 is 26.4 Å². The molecule has 1 aliphatic rings. The number of nitrogens with one attached hydrogen (secondary N) is 2. The Balaban J connectivity index is 1.87. The monoisotopic (exact) mass is 501 g/mol. The Morgan fingerprint density at radius 3 is 2.28 bits per heavy atom. The lowest BCUT2D eigenvalue weighted by Crippen LogP contribution is -2.35. The molecule has 0 unspecified atom stereocenters. The number of rotatable bonds is 7. The van der Waals surface area contributed by atoms with Gasteiger partial charge >= 0.3 is 0 Å². The fourth-order valence-corrected chi connectivity index (χ4v) is 5.74. The van der Waals surface area contributed by atoms with Crippen molar-refractivity contribution in [2.24, 2.45) is 0 Å². The molecule has 0 bridgehead atoms. The Labute approximate surface area is 192 Å². The number of halogens is 1. The van der Waals surface area contributed by atoms with E-state index in [2.05, 4.69) is 10.0 Å². The summed E-state index contributed by atoms with van der Waals surface area (Å²) in [7, 11) is -5.82. The quantitative estimate of drug-likeness (QED) is 0.601. The summed E-state index contributed by atoms with van der Waals surface area (Å²) in [5.41, 5.74) is 0.475. The first-order valence-corrected chi connectivity index (χ1v) is 13.5. The minimum absolute atomic E-state index is 0.0384. The van der Waals surface area contributed by atoms with Crippen LogP contribution in [-0.2, 0) is 20.0 Å². The normalized spacial score (nSPS) is 15.2. The maximum absolute atomic E-state index is 13.0. The van der Waals surface area contributed by atoms with Crippen LogP contribution in [0.3, 0.4) is 0 Å². The topological polar surface area (TPSA) is 122 Å². The number of carbonyl (C=O) groups is 1. The Morgan fingerprint density at radius 1 is 1.00 bits per heavy atom. The standard InChI is InChI=1S/C20H24ClN3O6S2/c1-30-19-9-7-15(32(28,29)24-10-4-3-5-11-24)13-18(19)22-20(25)14-6-8-17(16(21)12-14)23-31(2,26)27/h6-9,12-13,23H,3-5,10-11H2,1-2H3,(H,22,25). The van der Waals surface area contributed by atoms with E-state index in [4.69, 9.17) is 16.3 Å². The number of hydrogen-bond acceptors (Lipinski definition) is 6. The van der Waals surface area contributed by atoms with Crippen LogP contribution in [0.15, 0.2) is 41.3 Å². The molecule has 2 N–H and O–H groups in total. The largest absolute Gasteiger partial charge is 0.495 e. The summed E-state index contributed by atoms with van der Waals surface area (Å²) in [6, 6.07) is 8.37. The van der Waals surface area contributed by atoms with Crippen LogP contribution in [0.25, 0.3) is 0 Å². The second kappa shape index (κ2) is 9.65. The lowest BCUT2D eigenvalue weighted by molar-refractivity contribution is 0.102. The van der Waals surface area contributed by atoms with Gasteiger partial charge in [-0.25, -0.2) is 16.8 Å². The third-order valence-corrected chi connectivity index (χ3v) is 7.70. The Bertz CT molecular complexity index is 1230. The maximum Gasteiger partial charge on any atom is 0.255 e. The van der Waals surface area contributed by atoms with Crippen LogP contribution in [0.1, 0.15) is 29.6 Å². The zero-order valence-corrected chi connectivity index (χ0v) is 20.0. The molecular formula is C20H24ClN3O6S2. The molecule has 1 aliphatic heterocycles. The van der Waals surface area contributed by atoms with Crippen LogP contribution >= 0.6 is 11.6 Å². The molecule has 1 heterocycles. The summed E-state index contributed by atoms with van der Waals surface area (Å²) >= 11 is 6.10. The zero-order chi connectivity index (χ0) is 23.5. The Hall–Kier alpha value is -2.34. The van der Waals surface area contributed by atoms with E-state index in [0.717, 1.165) is 25.5 Å². The number of ether oxygens (including phenoxy) is 1. The summed E-state index contributed by atoms with van der Waals surface area (Å²) in [6.45, 7) is 0.921. The number of carbonyl (C=O) groups excluding carboxylic acids is 1. The van der Waals surface area contributed by atoms with Crippen molar-refractivity contribution in [1.82, 2.24) is 4.31 Å². The predicted octanol–water partition coefficient (Wildman–Crippen LogP) is 3.15. The summed E-state index contributed by atoms with van der Waals surface area (Å²) < 4.78 is 57.7. The van der Waals surface area contributed by atoms with Gasteiger partial charge in [0.15, 0.2) is 0 Å². The van der Waals surface area contributed by atoms with Gasteiger partial charge < -0.3 is 10.1 Å². The molecular weight excluding hydrogens is 478 g/mol. The number of amides is 1. The van der Waals surface area contributed by atoms with Gasteiger partial charge in [-0.2, -0.15) is 4.31 Å². The molecule has 3 rings (SSSR count). The van der Waals surface area contributed by atoms with Crippen molar-refractivity contribution in [2.45, 2.75) is 24.2 Å². The van der Waals surface area contributed by atoms with E-state index < -0.39 is 26.0 Å². The molecule has 0 aliphatic carbocycles. The molecule has 32 heavy (non-hydrogen) atoms. The Morgan fingerprint density at radius 2 is 1.69 bits per heavy atom. The highest BCUT2D eigenvalue weighted by Crippen LogP contribution is 2.31. The number of sulfonamides is 2. The van der Waals surface area contributed by atoms with Gasteiger partial charge in [0.1, 0.15) is 5.75 Å². The highest BCUT2D eigenvalue weighted by molar-refractivity contribution is 7.92. The molecule has 0 saturated carbocycles. The van der Waals surface area contributed by atoms with Crippen molar-refractivity contribution in [3.63, 3.8) is 0 Å². The van der Waals surface area contributed by atoms with Gasteiger partial charge in [0.2, 0.25) is 20.0 Å². The fraction of sp³-hybridized carbons (Fsp3) is 0.350. The minimum Gasteiger partial charge on any atom is -0.495 e. The molecule has 1 amide bonds. The molecule has 174 valence electrons. The summed E-state index contributed by atoms with van der Waals surface area (Å²) in [4.78, 5) is 12.8. The number of methoxy groups -OCH3 is 1. The van der Waals surface area contributed by atoms with Gasteiger partial charge in [-0.3, -0.25) is 9.52 Å². The number of piperidine rings is 1. The molecule has 0 aromatic heterocycles. The van der Waals surface area contributed by atoms with Crippen LogP contribution in [0.5, 0.6) is 5.75 Å². The fourth-order valence-electron chi connectivity index (χ4n) is 3.33. The first-order chi connectivity index (χ1) is 15.0. The number of nitrogens with zero attached hydrogens (tertiary/aromatic N) is 1. The first-order valence-electron chi connectivity index (χ1n) is 9.78. The number of hydrogen-bond donors (Lipinski definition) is 2. The molecule has 2 aromatic rings. The molecule has 12 heteroatoms. The zero-order valence-electron chi connectivity index (χ0n) is 17.6. The smallest absolute Gasteiger partial charge is 0.255 e. The summed E-state index contributed by atoms with van der Waals surface area (Å²) in [6.07, 6.45) is 3.60. The second-order valence-corrected chi connectivity index (χ2v) is 11.4. The molecule has 9 nitrogen and oxygen atoms in total. The highest BCUT2D eigenvalue weighted by Gasteiger charge is 2.27. The Kier molecular flexibility index (Phi) is 7.33. The van der Waals surface area contributed by atoms with Gasteiger partial charge in [0.05, 0.1) is 34.7 Å². The molecule has 2 aromatic carbocycles. The van der Waals surface area contributed by atoms with E-state index >= 15 is 0 Å². The van der Waals surface area contributed by atoms with Crippen LogP contribution in [0.2, 0.25) is 5.02 Å². The molecule has 0 radical (unpaired) electrons. The second-order valence-electron chi connectivity index (χ2n) is 7.35. The summed E-state index contributed by atoms with van der Waals surface area (Å²) in [5.74, 6) is -0.277. The highest BCUT2D eigenvalue weighted by atomic mass is 35.5. The summed E-state index contributed by atoms with van der Waals surface area (Å²) in [5, 5.41) is 2.68. The first kappa shape index (κ1) is 24.3. The third-order valence-electron chi connectivity index (χ3n) is 4.90. The molecule has 0 atom stereocenters. The average molecular weight is 502 g/mol. The van der Waals surface area contributed by atoms with Crippen molar-refractivity contribution >= 4 is 48.9 Å². The van der Waals surface area contributed by atoms with E-state index in [1.807, 2.05) is 0 Å². The van der Waals surface area contributed by atoms with E-state index in [-0.39, 0.29) is 32.6 Å². The van der Waals surface area contributed by atoms with Crippen LogP contribution in [0.4, 0.5) is 11.4 Å². The van der Waals surface area contributed by atoms with Gasteiger partial charge in [-0.15, -0.1) is 0 Å².